The molecule has 2 heterocycles. The van der Waals surface area contributed by atoms with E-state index in [0.717, 1.165) is 9.87 Å². The van der Waals surface area contributed by atoms with E-state index in [4.69, 9.17) is 11.0 Å². The number of nitriles is 1. The Labute approximate surface area is 199 Å². The second-order valence-electron chi connectivity index (χ2n) is 8.60. The number of likely N-dealkylation sites (tertiary alicyclic amines) is 1. The van der Waals surface area contributed by atoms with E-state index in [9.17, 15) is 18.0 Å². The zero-order valence-corrected chi connectivity index (χ0v) is 19.8. The largest absolute Gasteiger partial charge is 0.341 e. The second kappa shape index (κ2) is 9.44. The number of hydrogen-bond donors (Lipinski definition) is 1. The van der Waals surface area contributed by atoms with Gasteiger partial charge in [0, 0.05) is 38.3 Å². The summed E-state index contributed by atoms with van der Waals surface area (Å²) in [4.78, 5) is 28.2. The first-order valence-electron chi connectivity index (χ1n) is 11.2. The summed E-state index contributed by atoms with van der Waals surface area (Å²) in [6.45, 7) is 2.59. The fraction of sp³-hybridized carbons (Fsp3) is 0.375. The SMILES string of the molecule is CC(=O)N1CCc2cc(S(=O)(=O)N(CC(=O)N3CCC(N)CC3)c3ccc(C#N)cc3)ccc21. The van der Waals surface area contributed by atoms with Gasteiger partial charge in [0.05, 0.1) is 22.2 Å². The van der Waals surface area contributed by atoms with E-state index in [2.05, 4.69) is 0 Å². The van der Waals surface area contributed by atoms with Crippen molar-refractivity contribution in [1.82, 2.24) is 4.90 Å². The van der Waals surface area contributed by atoms with Gasteiger partial charge in [0.2, 0.25) is 11.8 Å². The van der Waals surface area contributed by atoms with Gasteiger partial charge in [-0.15, -0.1) is 0 Å². The number of fused-ring (bicyclic) bond motifs is 1. The maximum absolute atomic E-state index is 13.8. The van der Waals surface area contributed by atoms with Crippen LogP contribution < -0.4 is 14.9 Å². The molecule has 2 N–H and O–H groups in total. The Kier molecular flexibility index (Phi) is 6.59. The molecule has 0 bridgehead atoms. The Bertz CT molecular complexity index is 1250. The summed E-state index contributed by atoms with van der Waals surface area (Å²) in [5.41, 5.74) is 8.10. The first-order chi connectivity index (χ1) is 16.2. The van der Waals surface area contributed by atoms with Crippen molar-refractivity contribution in [3.8, 4) is 6.07 Å². The lowest BCUT2D eigenvalue weighted by Crippen LogP contribution is -2.48. The first-order valence-corrected chi connectivity index (χ1v) is 12.6. The predicted octanol–water partition coefficient (Wildman–Crippen LogP) is 1.61. The topological polar surface area (TPSA) is 128 Å². The summed E-state index contributed by atoms with van der Waals surface area (Å²) < 4.78 is 28.6. The van der Waals surface area contributed by atoms with E-state index in [1.165, 1.54) is 37.3 Å². The Morgan fingerprint density at radius 3 is 2.41 bits per heavy atom. The highest BCUT2D eigenvalue weighted by molar-refractivity contribution is 7.92. The number of nitrogens with zero attached hydrogens (tertiary/aromatic N) is 4. The fourth-order valence-corrected chi connectivity index (χ4v) is 5.85. The number of anilines is 2. The van der Waals surface area contributed by atoms with E-state index in [1.807, 2.05) is 6.07 Å². The number of piperidine rings is 1. The van der Waals surface area contributed by atoms with Crippen LogP contribution in [0.15, 0.2) is 47.4 Å². The Morgan fingerprint density at radius 2 is 1.79 bits per heavy atom. The summed E-state index contributed by atoms with van der Waals surface area (Å²) in [5, 5.41) is 9.11. The molecule has 2 amide bonds. The number of nitrogens with two attached hydrogens (primary N) is 1. The van der Waals surface area contributed by atoms with Crippen LogP contribution in [0.5, 0.6) is 0 Å². The first kappa shape index (κ1) is 23.7. The summed E-state index contributed by atoms with van der Waals surface area (Å²) in [7, 11) is -4.10. The van der Waals surface area contributed by atoms with Crippen molar-refractivity contribution in [3.63, 3.8) is 0 Å². The molecule has 10 heteroatoms. The molecule has 4 rings (SSSR count). The molecule has 34 heavy (non-hydrogen) atoms. The summed E-state index contributed by atoms with van der Waals surface area (Å²) >= 11 is 0. The summed E-state index contributed by atoms with van der Waals surface area (Å²) in [6, 6.07) is 12.8. The van der Waals surface area contributed by atoms with Gasteiger partial charge in [-0.05, 0) is 67.3 Å². The quantitative estimate of drug-likeness (QED) is 0.691. The Balaban J connectivity index is 1.68. The van der Waals surface area contributed by atoms with Crippen LogP contribution in [-0.2, 0) is 26.0 Å². The summed E-state index contributed by atoms with van der Waals surface area (Å²) in [5.74, 6) is -0.399. The van der Waals surface area contributed by atoms with Crippen molar-refractivity contribution in [2.24, 2.45) is 5.73 Å². The number of benzene rings is 2. The highest BCUT2D eigenvalue weighted by atomic mass is 32.2. The third-order valence-corrected chi connectivity index (χ3v) is 8.14. The highest BCUT2D eigenvalue weighted by Crippen LogP contribution is 2.32. The average Bonchev–Trinajstić information content (AvgIpc) is 3.26. The minimum Gasteiger partial charge on any atom is -0.341 e. The number of rotatable bonds is 5. The van der Waals surface area contributed by atoms with Crippen LogP contribution in [0.1, 0.15) is 30.9 Å². The van der Waals surface area contributed by atoms with E-state index in [0.29, 0.717) is 55.8 Å². The van der Waals surface area contributed by atoms with Crippen LogP contribution >= 0.6 is 0 Å². The zero-order valence-electron chi connectivity index (χ0n) is 19.0. The molecule has 2 aromatic rings. The monoisotopic (exact) mass is 481 g/mol. The fourth-order valence-electron chi connectivity index (χ4n) is 4.38. The predicted molar refractivity (Wildman–Crippen MR) is 128 cm³/mol. The van der Waals surface area contributed by atoms with Gasteiger partial charge in [0.1, 0.15) is 6.54 Å². The van der Waals surface area contributed by atoms with E-state index >= 15 is 0 Å². The van der Waals surface area contributed by atoms with Crippen molar-refractivity contribution in [2.75, 3.05) is 35.4 Å². The lowest BCUT2D eigenvalue weighted by Gasteiger charge is -2.32. The minimum absolute atomic E-state index is 0.0448. The van der Waals surface area contributed by atoms with Gasteiger partial charge in [-0.1, -0.05) is 0 Å². The molecule has 178 valence electrons. The van der Waals surface area contributed by atoms with Crippen molar-refractivity contribution >= 4 is 33.2 Å². The van der Waals surface area contributed by atoms with Crippen molar-refractivity contribution in [3.05, 3.63) is 53.6 Å². The molecule has 2 aromatic carbocycles. The molecular formula is C24H27N5O4S. The molecular weight excluding hydrogens is 454 g/mol. The zero-order chi connectivity index (χ0) is 24.5. The van der Waals surface area contributed by atoms with Gasteiger partial charge < -0.3 is 15.5 Å². The van der Waals surface area contributed by atoms with Crippen LogP contribution in [0.25, 0.3) is 0 Å². The number of sulfonamides is 1. The highest BCUT2D eigenvalue weighted by Gasteiger charge is 2.32. The minimum atomic E-state index is -4.10. The standard InChI is InChI=1S/C24H27N5O4S/c1-17(30)28-13-8-19-14-22(6-7-23(19)28)34(32,33)29(21-4-2-18(15-25)3-5-21)16-24(31)27-11-9-20(26)10-12-27/h2-7,14,20H,8-13,16,26H2,1H3. The maximum Gasteiger partial charge on any atom is 0.264 e. The average molecular weight is 482 g/mol. The molecule has 0 spiro atoms. The van der Waals surface area contributed by atoms with Crippen molar-refractivity contribution in [1.29, 1.82) is 5.26 Å². The van der Waals surface area contributed by atoms with Gasteiger partial charge in [-0.3, -0.25) is 13.9 Å². The molecule has 0 aliphatic carbocycles. The lowest BCUT2D eigenvalue weighted by molar-refractivity contribution is -0.130. The molecule has 0 saturated carbocycles. The summed E-state index contributed by atoms with van der Waals surface area (Å²) in [6.07, 6.45) is 1.90. The van der Waals surface area contributed by atoms with Gasteiger partial charge in [0.15, 0.2) is 0 Å². The molecule has 2 aliphatic rings. The maximum atomic E-state index is 13.8. The van der Waals surface area contributed by atoms with Crippen LogP contribution in [0.2, 0.25) is 0 Å². The van der Waals surface area contributed by atoms with Crippen LogP contribution in [0.3, 0.4) is 0 Å². The third kappa shape index (κ3) is 4.62. The number of carbonyl (C=O) groups excluding carboxylic acids is 2. The number of carbonyl (C=O) groups is 2. The van der Waals surface area contributed by atoms with E-state index in [-0.39, 0.29) is 29.3 Å². The Hall–Kier alpha value is -3.42. The number of amides is 2. The van der Waals surface area contributed by atoms with Gasteiger partial charge >= 0.3 is 0 Å². The van der Waals surface area contributed by atoms with Crippen LogP contribution in [-0.4, -0.2) is 57.4 Å². The van der Waals surface area contributed by atoms with Crippen molar-refractivity contribution in [2.45, 2.75) is 37.1 Å². The van der Waals surface area contributed by atoms with Crippen LogP contribution in [0.4, 0.5) is 11.4 Å². The smallest absolute Gasteiger partial charge is 0.264 e. The molecule has 1 fully saturated rings. The van der Waals surface area contributed by atoms with Crippen LogP contribution in [0, 0.1) is 11.3 Å². The van der Waals surface area contributed by atoms with Gasteiger partial charge in [-0.25, -0.2) is 8.42 Å². The normalized spacial score (nSPS) is 16.1. The molecule has 0 aromatic heterocycles. The van der Waals surface area contributed by atoms with Gasteiger partial charge in [0.25, 0.3) is 10.0 Å². The van der Waals surface area contributed by atoms with Crippen molar-refractivity contribution < 1.29 is 18.0 Å². The molecule has 1 saturated heterocycles. The molecule has 9 nitrogen and oxygen atoms in total. The second-order valence-corrected chi connectivity index (χ2v) is 10.5. The van der Waals surface area contributed by atoms with E-state index < -0.39 is 10.0 Å². The Morgan fingerprint density at radius 1 is 1.12 bits per heavy atom. The molecule has 0 radical (unpaired) electrons. The molecule has 0 unspecified atom stereocenters. The third-order valence-electron chi connectivity index (χ3n) is 6.37. The molecule has 2 aliphatic heterocycles. The molecule has 0 atom stereocenters. The van der Waals surface area contributed by atoms with Gasteiger partial charge in [-0.2, -0.15) is 5.26 Å². The number of hydrogen-bond acceptors (Lipinski definition) is 6. The van der Waals surface area contributed by atoms with E-state index in [1.54, 1.807) is 21.9 Å². The lowest BCUT2D eigenvalue weighted by atomic mass is 10.1.